The lowest BCUT2D eigenvalue weighted by Crippen LogP contribution is -2.14. The van der Waals surface area contributed by atoms with E-state index in [0.717, 1.165) is 25.3 Å². The highest BCUT2D eigenvalue weighted by atomic mass is 16.3. The molecule has 0 saturated heterocycles. The summed E-state index contributed by atoms with van der Waals surface area (Å²) in [4.78, 5) is 0. The lowest BCUT2D eigenvalue weighted by atomic mass is 10.2. The van der Waals surface area contributed by atoms with Gasteiger partial charge in [0.25, 0.3) is 0 Å². The SMILES string of the molecule is CCNCc1ccc(Cc2ccco2)n1C. The normalized spacial score (nSPS) is 10.9. The van der Waals surface area contributed by atoms with Gasteiger partial charge in [0.1, 0.15) is 5.76 Å². The zero-order chi connectivity index (χ0) is 11.4. The molecule has 3 nitrogen and oxygen atoms in total. The fourth-order valence-electron chi connectivity index (χ4n) is 1.80. The molecule has 16 heavy (non-hydrogen) atoms. The molecule has 3 heteroatoms. The van der Waals surface area contributed by atoms with Crippen molar-refractivity contribution in [2.24, 2.45) is 7.05 Å². The number of aromatic nitrogens is 1. The van der Waals surface area contributed by atoms with Gasteiger partial charge in [0.2, 0.25) is 0 Å². The molecule has 0 atom stereocenters. The maximum absolute atomic E-state index is 5.35. The summed E-state index contributed by atoms with van der Waals surface area (Å²) >= 11 is 0. The average Bonchev–Trinajstić information content (AvgIpc) is 2.89. The molecule has 0 spiro atoms. The van der Waals surface area contributed by atoms with Crippen molar-refractivity contribution in [3.8, 4) is 0 Å². The first kappa shape index (κ1) is 11.0. The molecule has 0 aliphatic carbocycles. The third-order valence-corrected chi connectivity index (χ3v) is 2.82. The Morgan fingerprint density at radius 2 is 2.06 bits per heavy atom. The third kappa shape index (κ3) is 2.36. The maximum Gasteiger partial charge on any atom is 0.109 e. The van der Waals surface area contributed by atoms with Gasteiger partial charge in [0.05, 0.1) is 6.26 Å². The van der Waals surface area contributed by atoms with Crippen molar-refractivity contribution in [2.45, 2.75) is 19.9 Å². The lowest BCUT2D eigenvalue weighted by Gasteiger charge is -2.07. The number of nitrogens with zero attached hydrogens (tertiary/aromatic N) is 1. The largest absolute Gasteiger partial charge is 0.469 e. The quantitative estimate of drug-likeness (QED) is 0.834. The minimum absolute atomic E-state index is 0.857. The predicted octanol–water partition coefficient (Wildman–Crippen LogP) is 2.32. The predicted molar refractivity (Wildman–Crippen MR) is 64.3 cm³/mol. The molecule has 2 heterocycles. The zero-order valence-corrected chi connectivity index (χ0v) is 9.86. The molecule has 0 aliphatic rings. The lowest BCUT2D eigenvalue weighted by molar-refractivity contribution is 0.516. The van der Waals surface area contributed by atoms with Crippen LogP contribution in [0.4, 0.5) is 0 Å². The molecule has 0 aromatic carbocycles. The van der Waals surface area contributed by atoms with Crippen molar-refractivity contribution in [2.75, 3.05) is 6.54 Å². The van der Waals surface area contributed by atoms with E-state index >= 15 is 0 Å². The second-order valence-electron chi connectivity index (χ2n) is 3.91. The maximum atomic E-state index is 5.35. The molecule has 0 aliphatic heterocycles. The molecule has 2 rings (SSSR count). The molecular weight excluding hydrogens is 200 g/mol. The molecule has 86 valence electrons. The molecule has 2 aromatic heterocycles. The minimum Gasteiger partial charge on any atom is -0.469 e. The molecule has 0 radical (unpaired) electrons. The highest BCUT2D eigenvalue weighted by Gasteiger charge is 2.06. The first-order valence-electron chi connectivity index (χ1n) is 5.68. The van der Waals surface area contributed by atoms with E-state index in [2.05, 4.69) is 36.0 Å². The van der Waals surface area contributed by atoms with Crippen LogP contribution in [0.1, 0.15) is 24.1 Å². The standard InChI is InChI=1S/C13H18N2O/c1-3-14-10-12-7-6-11(15(12)2)9-13-5-4-8-16-13/h4-8,14H,3,9-10H2,1-2H3. The summed E-state index contributed by atoms with van der Waals surface area (Å²) in [7, 11) is 2.10. The van der Waals surface area contributed by atoms with E-state index in [1.165, 1.54) is 11.4 Å². The summed E-state index contributed by atoms with van der Waals surface area (Å²) in [6, 6.07) is 8.27. The van der Waals surface area contributed by atoms with Gasteiger partial charge in [-0.1, -0.05) is 6.92 Å². The van der Waals surface area contributed by atoms with Gasteiger partial charge in [0.15, 0.2) is 0 Å². The Bertz CT molecular complexity index is 429. The van der Waals surface area contributed by atoms with Gasteiger partial charge in [-0.25, -0.2) is 0 Å². The van der Waals surface area contributed by atoms with Crippen molar-refractivity contribution in [1.29, 1.82) is 0 Å². The Morgan fingerprint density at radius 3 is 2.75 bits per heavy atom. The zero-order valence-electron chi connectivity index (χ0n) is 9.86. The minimum atomic E-state index is 0.857. The van der Waals surface area contributed by atoms with Crippen LogP contribution in [0.2, 0.25) is 0 Å². The number of hydrogen-bond donors (Lipinski definition) is 1. The molecule has 1 N–H and O–H groups in total. The van der Waals surface area contributed by atoms with Crippen LogP contribution in [0.5, 0.6) is 0 Å². The summed E-state index contributed by atoms with van der Waals surface area (Å²) in [5.74, 6) is 1.01. The number of nitrogens with one attached hydrogen (secondary N) is 1. The third-order valence-electron chi connectivity index (χ3n) is 2.82. The van der Waals surface area contributed by atoms with E-state index in [9.17, 15) is 0 Å². The average molecular weight is 218 g/mol. The van der Waals surface area contributed by atoms with E-state index < -0.39 is 0 Å². The summed E-state index contributed by atoms with van der Waals surface area (Å²) < 4.78 is 7.58. The summed E-state index contributed by atoms with van der Waals surface area (Å²) in [5.41, 5.74) is 2.59. The topological polar surface area (TPSA) is 30.1 Å². The molecule has 0 bridgehead atoms. The number of rotatable bonds is 5. The number of furan rings is 1. The Balaban J connectivity index is 2.08. The van der Waals surface area contributed by atoms with Crippen molar-refractivity contribution >= 4 is 0 Å². The molecule has 0 amide bonds. The van der Waals surface area contributed by atoms with Gasteiger partial charge < -0.3 is 14.3 Å². The second-order valence-corrected chi connectivity index (χ2v) is 3.91. The monoisotopic (exact) mass is 218 g/mol. The Kier molecular flexibility index (Phi) is 3.47. The molecule has 0 unspecified atom stereocenters. The van der Waals surface area contributed by atoms with E-state index in [0.29, 0.717) is 0 Å². The van der Waals surface area contributed by atoms with Crippen LogP contribution in [0.15, 0.2) is 34.9 Å². The molecular formula is C13H18N2O. The van der Waals surface area contributed by atoms with Crippen molar-refractivity contribution in [3.05, 3.63) is 47.7 Å². The Labute approximate surface area is 96.1 Å². The van der Waals surface area contributed by atoms with Crippen molar-refractivity contribution in [3.63, 3.8) is 0 Å². The van der Waals surface area contributed by atoms with Gasteiger partial charge in [-0.05, 0) is 30.8 Å². The van der Waals surface area contributed by atoms with Gasteiger partial charge in [0, 0.05) is 31.4 Å². The summed E-state index contributed by atoms with van der Waals surface area (Å²) in [5, 5.41) is 3.33. The fourth-order valence-corrected chi connectivity index (χ4v) is 1.80. The van der Waals surface area contributed by atoms with Crippen LogP contribution in [0.25, 0.3) is 0 Å². The molecule has 0 fully saturated rings. The van der Waals surface area contributed by atoms with Gasteiger partial charge >= 0.3 is 0 Å². The van der Waals surface area contributed by atoms with Crippen LogP contribution in [0, 0.1) is 0 Å². The van der Waals surface area contributed by atoms with Gasteiger partial charge in [-0.3, -0.25) is 0 Å². The highest BCUT2D eigenvalue weighted by molar-refractivity contribution is 5.20. The summed E-state index contributed by atoms with van der Waals surface area (Å²) in [6.07, 6.45) is 2.58. The Hall–Kier alpha value is -1.48. The van der Waals surface area contributed by atoms with E-state index in [-0.39, 0.29) is 0 Å². The van der Waals surface area contributed by atoms with Crippen LogP contribution >= 0.6 is 0 Å². The highest BCUT2D eigenvalue weighted by Crippen LogP contribution is 2.13. The van der Waals surface area contributed by atoms with Crippen molar-refractivity contribution in [1.82, 2.24) is 9.88 Å². The number of hydrogen-bond acceptors (Lipinski definition) is 2. The second kappa shape index (κ2) is 5.03. The van der Waals surface area contributed by atoms with E-state index in [4.69, 9.17) is 4.42 Å². The Morgan fingerprint density at radius 1 is 1.25 bits per heavy atom. The first-order chi connectivity index (χ1) is 7.81. The van der Waals surface area contributed by atoms with Gasteiger partial charge in [-0.2, -0.15) is 0 Å². The fraction of sp³-hybridized carbons (Fsp3) is 0.385. The molecule has 2 aromatic rings. The smallest absolute Gasteiger partial charge is 0.109 e. The van der Waals surface area contributed by atoms with Crippen LogP contribution in [0.3, 0.4) is 0 Å². The van der Waals surface area contributed by atoms with Crippen LogP contribution in [-0.4, -0.2) is 11.1 Å². The van der Waals surface area contributed by atoms with E-state index in [1.54, 1.807) is 6.26 Å². The van der Waals surface area contributed by atoms with Crippen LogP contribution in [-0.2, 0) is 20.0 Å². The molecule has 0 saturated carbocycles. The van der Waals surface area contributed by atoms with Crippen molar-refractivity contribution < 1.29 is 4.42 Å². The van der Waals surface area contributed by atoms with Crippen LogP contribution < -0.4 is 5.32 Å². The first-order valence-corrected chi connectivity index (χ1v) is 5.68. The summed E-state index contributed by atoms with van der Waals surface area (Å²) in [6.45, 7) is 4.04. The van der Waals surface area contributed by atoms with E-state index in [1.807, 2.05) is 12.1 Å². The van der Waals surface area contributed by atoms with Gasteiger partial charge in [-0.15, -0.1) is 0 Å².